The van der Waals surface area contributed by atoms with Crippen molar-refractivity contribution in [1.29, 1.82) is 0 Å². The van der Waals surface area contributed by atoms with Gasteiger partial charge in [-0.25, -0.2) is 8.78 Å². The minimum atomic E-state index is -0.641. The SMILES string of the molecule is CC(CNc1ccccc1)Oc1cc(F)cc(F)c1. The van der Waals surface area contributed by atoms with Gasteiger partial charge in [0, 0.05) is 23.9 Å². The van der Waals surface area contributed by atoms with Gasteiger partial charge in [-0.2, -0.15) is 0 Å². The Bertz CT molecular complexity index is 511. The third kappa shape index (κ3) is 4.25. The van der Waals surface area contributed by atoms with E-state index < -0.39 is 11.6 Å². The molecule has 100 valence electrons. The largest absolute Gasteiger partial charge is 0.489 e. The van der Waals surface area contributed by atoms with Crippen molar-refractivity contribution in [3.8, 4) is 5.75 Å². The van der Waals surface area contributed by atoms with Crippen molar-refractivity contribution in [3.63, 3.8) is 0 Å². The lowest BCUT2D eigenvalue weighted by Crippen LogP contribution is -2.22. The van der Waals surface area contributed by atoms with Gasteiger partial charge in [0.1, 0.15) is 23.5 Å². The number of nitrogens with one attached hydrogen (secondary N) is 1. The molecular formula is C15H15F2NO. The first kappa shape index (κ1) is 13.3. The fraction of sp³-hybridized carbons (Fsp3) is 0.200. The van der Waals surface area contributed by atoms with Crippen LogP contribution in [0.2, 0.25) is 0 Å². The van der Waals surface area contributed by atoms with Gasteiger partial charge in [-0.1, -0.05) is 18.2 Å². The molecule has 0 amide bonds. The van der Waals surface area contributed by atoms with E-state index >= 15 is 0 Å². The van der Waals surface area contributed by atoms with E-state index in [0.717, 1.165) is 11.8 Å². The van der Waals surface area contributed by atoms with Crippen LogP contribution in [-0.2, 0) is 0 Å². The summed E-state index contributed by atoms with van der Waals surface area (Å²) in [5.41, 5.74) is 0.975. The fourth-order valence-electron chi connectivity index (χ4n) is 1.69. The summed E-state index contributed by atoms with van der Waals surface area (Å²) in [5.74, 6) is -1.09. The second kappa shape index (κ2) is 6.18. The number of rotatable bonds is 5. The van der Waals surface area contributed by atoms with Crippen LogP contribution in [0, 0.1) is 11.6 Å². The second-order valence-corrected chi connectivity index (χ2v) is 4.28. The highest BCUT2D eigenvalue weighted by Crippen LogP contribution is 2.17. The number of halogens is 2. The van der Waals surface area contributed by atoms with E-state index in [1.807, 2.05) is 37.3 Å². The van der Waals surface area contributed by atoms with Gasteiger partial charge in [0.15, 0.2) is 0 Å². The molecule has 2 rings (SSSR count). The van der Waals surface area contributed by atoms with Gasteiger partial charge in [0.2, 0.25) is 0 Å². The highest BCUT2D eigenvalue weighted by atomic mass is 19.1. The van der Waals surface area contributed by atoms with E-state index in [1.54, 1.807) is 0 Å². The zero-order chi connectivity index (χ0) is 13.7. The lowest BCUT2D eigenvalue weighted by molar-refractivity contribution is 0.232. The van der Waals surface area contributed by atoms with Gasteiger partial charge < -0.3 is 10.1 Å². The zero-order valence-electron chi connectivity index (χ0n) is 10.6. The van der Waals surface area contributed by atoms with Crippen molar-refractivity contribution in [2.75, 3.05) is 11.9 Å². The van der Waals surface area contributed by atoms with E-state index in [-0.39, 0.29) is 11.9 Å². The maximum atomic E-state index is 13.0. The monoisotopic (exact) mass is 263 g/mol. The third-order valence-electron chi connectivity index (χ3n) is 2.54. The molecule has 0 saturated heterocycles. The summed E-state index contributed by atoms with van der Waals surface area (Å²) >= 11 is 0. The van der Waals surface area contributed by atoms with Gasteiger partial charge in [-0.3, -0.25) is 0 Å². The van der Waals surface area contributed by atoms with Crippen LogP contribution < -0.4 is 10.1 Å². The summed E-state index contributed by atoms with van der Waals surface area (Å²) in [6.45, 7) is 2.38. The molecule has 2 aromatic rings. The Balaban J connectivity index is 1.89. The first-order chi connectivity index (χ1) is 9.13. The van der Waals surface area contributed by atoms with Gasteiger partial charge in [-0.05, 0) is 19.1 Å². The molecule has 0 aromatic heterocycles. The Labute approximate surface area is 111 Å². The van der Waals surface area contributed by atoms with Crippen LogP contribution in [0.15, 0.2) is 48.5 Å². The number of benzene rings is 2. The van der Waals surface area contributed by atoms with Gasteiger partial charge in [-0.15, -0.1) is 0 Å². The smallest absolute Gasteiger partial charge is 0.129 e. The fourth-order valence-corrected chi connectivity index (χ4v) is 1.69. The molecule has 0 bridgehead atoms. The molecule has 1 atom stereocenters. The average Bonchev–Trinajstić information content (AvgIpc) is 2.36. The van der Waals surface area contributed by atoms with Gasteiger partial charge in [0.05, 0.1) is 6.54 Å². The molecule has 0 fully saturated rings. The third-order valence-corrected chi connectivity index (χ3v) is 2.54. The summed E-state index contributed by atoms with van der Waals surface area (Å²) in [5, 5.41) is 3.18. The topological polar surface area (TPSA) is 21.3 Å². The van der Waals surface area contributed by atoms with E-state index in [2.05, 4.69) is 5.32 Å². The lowest BCUT2D eigenvalue weighted by atomic mass is 10.3. The van der Waals surface area contributed by atoms with Crippen molar-refractivity contribution >= 4 is 5.69 Å². The molecule has 1 N–H and O–H groups in total. The molecule has 0 spiro atoms. The number of ether oxygens (including phenoxy) is 1. The number of para-hydroxylation sites is 1. The summed E-state index contributed by atoms with van der Waals surface area (Å²) in [7, 11) is 0. The number of anilines is 1. The van der Waals surface area contributed by atoms with Crippen LogP contribution in [0.3, 0.4) is 0 Å². The highest BCUT2D eigenvalue weighted by molar-refractivity contribution is 5.42. The first-order valence-corrected chi connectivity index (χ1v) is 6.05. The summed E-state index contributed by atoms with van der Waals surface area (Å²) < 4.78 is 31.4. The predicted octanol–water partition coefficient (Wildman–Crippen LogP) is 3.84. The van der Waals surface area contributed by atoms with Crippen LogP contribution >= 0.6 is 0 Å². The first-order valence-electron chi connectivity index (χ1n) is 6.05. The summed E-state index contributed by atoms with van der Waals surface area (Å²) in [6.07, 6.45) is -0.207. The lowest BCUT2D eigenvalue weighted by Gasteiger charge is -2.16. The second-order valence-electron chi connectivity index (χ2n) is 4.28. The Morgan fingerprint density at radius 2 is 1.68 bits per heavy atom. The number of hydrogen-bond acceptors (Lipinski definition) is 2. The summed E-state index contributed by atoms with van der Waals surface area (Å²) in [4.78, 5) is 0. The molecule has 2 aromatic carbocycles. The Morgan fingerprint density at radius 3 is 2.32 bits per heavy atom. The summed E-state index contributed by atoms with van der Waals surface area (Å²) in [6, 6.07) is 12.8. The Morgan fingerprint density at radius 1 is 1.05 bits per heavy atom. The van der Waals surface area contributed by atoms with Crippen LogP contribution in [-0.4, -0.2) is 12.6 Å². The van der Waals surface area contributed by atoms with Crippen molar-refractivity contribution in [2.45, 2.75) is 13.0 Å². The normalized spacial score (nSPS) is 11.9. The van der Waals surface area contributed by atoms with E-state index in [4.69, 9.17) is 4.74 Å². The minimum Gasteiger partial charge on any atom is -0.489 e. The van der Waals surface area contributed by atoms with Gasteiger partial charge >= 0.3 is 0 Å². The number of hydrogen-bond donors (Lipinski definition) is 1. The molecule has 4 heteroatoms. The molecule has 1 unspecified atom stereocenters. The Kier molecular flexibility index (Phi) is 4.34. The van der Waals surface area contributed by atoms with Crippen molar-refractivity contribution in [3.05, 3.63) is 60.2 Å². The molecular weight excluding hydrogens is 248 g/mol. The average molecular weight is 263 g/mol. The van der Waals surface area contributed by atoms with E-state index in [0.29, 0.717) is 6.54 Å². The maximum absolute atomic E-state index is 13.0. The molecule has 0 heterocycles. The standard InChI is InChI=1S/C15H15F2NO/c1-11(10-18-14-5-3-2-4-6-14)19-15-8-12(16)7-13(17)9-15/h2-9,11,18H,10H2,1H3. The maximum Gasteiger partial charge on any atom is 0.129 e. The van der Waals surface area contributed by atoms with Crippen LogP contribution in [0.1, 0.15) is 6.92 Å². The van der Waals surface area contributed by atoms with Crippen molar-refractivity contribution in [1.82, 2.24) is 0 Å². The molecule has 0 aliphatic rings. The van der Waals surface area contributed by atoms with E-state index in [1.165, 1.54) is 12.1 Å². The van der Waals surface area contributed by atoms with E-state index in [9.17, 15) is 8.78 Å². The zero-order valence-corrected chi connectivity index (χ0v) is 10.6. The molecule has 19 heavy (non-hydrogen) atoms. The van der Waals surface area contributed by atoms with Crippen LogP contribution in [0.4, 0.5) is 14.5 Å². The van der Waals surface area contributed by atoms with Crippen LogP contribution in [0.25, 0.3) is 0 Å². The predicted molar refractivity (Wildman–Crippen MR) is 71.4 cm³/mol. The molecule has 0 saturated carbocycles. The van der Waals surface area contributed by atoms with Crippen molar-refractivity contribution in [2.24, 2.45) is 0 Å². The van der Waals surface area contributed by atoms with Crippen molar-refractivity contribution < 1.29 is 13.5 Å². The van der Waals surface area contributed by atoms with Gasteiger partial charge in [0.25, 0.3) is 0 Å². The minimum absolute atomic E-state index is 0.194. The quantitative estimate of drug-likeness (QED) is 0.884. The molecule has 2 nitrogen and oxygen atoms in total. The van der Waals surface area contributed by atoms with Crippen LogP contribution in [0.5, 0.6) is 5.75 Å². The molecule has 0 radical (unpaired) electrons. The molecule has 0 aliphatic carbocycles. The Hall–Kier alpha value is -2.10. The molecule has 0 aliphatic heterocycles. The highest BCUT2D eigenvalue weighted by Gasteiger charge is 2.06.